The Morgan fingerprint density at radius 2 is 1.92 bits per heavy atom. The van der Waals surface area contributed by atoms with Crippen LogP contribution in [-0.4, -0.2) is 42.8 Å². The molecule has 0 aromatic heterocycles. The van der Waals surface area contributed by atoms with Crippen LogP contribution in [0.15, 0.2) is 0 Å². The van der Waals surface area contributed by atoms with Crippen molar-refractivity contribution in [2.75, 3.05) is 19.6 Å². The molecule has 1 aliphatic heterocycles. The van der Waals surface area contributed by atoms with Crippen molar-refractivity contribution in [3.63, 3.8) is 0 Å². The third-order valence-corrected chi connectivity index (χ3v) is 2.66. The fourth-order valence-electron chi connectivity index (χ4n) is 2.00. The maximum atomic E-state index is 5.67. The van der Waals surface area contributed by atoms with E-state index in [2.05, 4.69) is 25.7 Å². The van der Waals surface area contributed by atoms with Crippen LogP contribution < -0.4 is 5.73 Å². The van der Waals surface area contributed by atoms with Crippen LogP contribution in [0, 0.1) is 0 Å². The molecule has 3 atom stereocenters. The zero-order valence-electron chi connectivity index (χ0n) is 8.99. The summed E-state index contributed by atoms with van der Waals surface area (Å²) in [4.78, 5) is 2.48. The fraction of sp³-hybridized carbons (Fsp3) is 1.00. The first-order valence-electron chi connectivity index (χ1n) is 5.23. The Balaban J connectivity index is 2.40. The predicted octanol–water partition coefficient (Wildman–Crippen LogP) is 0.833. The van der Waals surface area contributed by atoms with Crippen molar-refractivity contribution >= 4 is 0 Å². The van der Waals surface area contributed by atoms with E-state index in [4.69, 9.17) is 10.5 Å². The minimum absolute atomic E-state index is 0.365. The van der Waals surface area contributed by atoms with E-state index in [0.717, 1.165) is 26.1 Å². The highest BCUT2D eigenvalue weighted by Gasteiger charge is 2.24. The zero-order valence-corrected chi connectivity index (χ0v) is 8.99. The summed E-state index contributed by atoms with van der Waals surface area (Å²) < 4.78 is 5.67. The molecule has 1 aliphatic rings. The van der Waals surface area contributed by atoms with Crippen molar-refractivity contribution in [1.29, 1.82) is 0 Å². The molecule has 13 heavy (non-hydrogen) atoms. The van der Waals surface area contributed by atoms with Crippen LogP contribution in [0.2, 0.25) is 0 Å². The van der Waals surface area contributed by atoms with Crippen molar-refractivity contribution in [1.82, 2.24) is 4.90 Å². The zero-order chi connectivity index (χ0) is 9.84. The maximum absolute atomic E-state index is 5.67. The molecule has 0 aliphatic carbocycles. The lowest BCUT2D eigenvalue weighted by Crippen LogP contribution is -2.49. The summed E-state index contributed by atoms with van der Waals surface area (Å²) in [7, 11) is 0. The van der Waals surface area contributed by atoms with Crippen molar-refractivity contribution in [3.05, 3.63) is 0 Å². The molecular formula is C10H22N2O. The Hall–Kier alpha value is -0.120. The van der Waals surface area contributed by atoms with Gasteiger partial charge >= 0.3 is 0 Å². The molecule has 1 heterocycles. The molecule has 78 valence electrons. The van der Waals surface area contributed by atoms with Gasteiger partial charge < -0.3 is 10.5 Å². The molecule has 1 saturated heterocycles. The molecule has 0 radical (unpaired) electrons. The number of morpholine rings is 1. The van der Waals surface area contributed by atoms with Gasteiger partial charge in [0.25, 0.3) is 0 Å². The van der Waals surface area contributed by atoms with Crippen LogP contribution in [0.5, 0.6) is 0 Å². The molecular weight excluding hydrogens is 164 g/mol. The van der Waals surface area contributed by atoms with Crippen LogP contribution in [0.1, 0.15) is 27.2 Å². The van der Waals surface area contributed by atoms with E-state index in [9.17, 15) is 0 Å². The quantitative estimate of drug-likeness (QED) is 0.709. The van der Waals surface area contributed by atoms with E-state index in [0.29, 0.717) is 18.2 Å². The van der Waals surface area contributed by atoms with Gasteiger partial charge in [-0.15, -0.1) is 0 Å². The molecule has 1 unspecified atom stereocenters. The Bertz CT molecular complexity index is 142. The second-order valence-electron chi connectivity index (χ2n) is 4.14. The Morgan fingerprint density at radius 1 is 1.38 bits per heavy atom. The van der Waals surface area contributed by atoms with Crippen molar-refractivity contribution in [2.24, 2.45) is 5.73 Å². The van der Waals surface area contributed by atoms with Crippen molar-refractivity contribution in [2.45, 2.75) is 45.4 Å². The molecule has 0 amide bonds. The number of nitrogens with zero attached hydrogens (tertiary/aromatic N) is 1. The molecule has 3 heteroatoms. The molecule has 1 fully saturated rings. The lowest BCUT2D eigenvalue weighted by Gasteiger charge is -2.38. The van der Waals surface area contributed by atoms with E-state index >= 15 is 0 Å². The van der Waals surface area contributed by atoms with Gasteiger partial charge in [0, 0.05) is 19.1 Å². The second-order valence-corrected chi connectivity index (χ2v) is 4.14. The van der Waals surface area contributed by atoms with E-state index in [1.807, 2.05) is 0 Å². The summed E-state index contributed by atoms with van der Waals surface area (Å²) in [6.07, 6.45) is 1.81. The summed E-state index contributed by atoms with van der Waals surface area (Å²) in [6, 6.07) is 0.596. The molecule has 1 rings (SSSR count). The van der Waals surface area contributed by atoms with Crippen molar-refractivity contribution < 1.29 is 4.74 Å². The second kappa shape index (κ2) is 4.94. The van der Waals surface area contributed by atoms with Crippen LogP contribution in [-0.2, 0) is 4.74 Å². The molecule has 2 N–H and O–H groups in total. The highest BCUT2D eigenvalue weighted by Crippen LogP contribution is 2.14. The lowest BCUT2D eigenvalue weighted by molar-refractivity contribution is -0.0788. The fourth-order valence-corrected chi connectivity index (χ4v) is 2.00. The summed E-state index contributed by atoms with van der Waals surface area (Å²) in [5.74, 6) is 0. The van der Waals surface area contributed by atoms with Gasteiger partial charge in [-0.25, -0.2) is 0 Å². The molecule has 3 nitrogen and oxygen atoms in total. The smallest absolute Gasteiger partial charge is 0.0678 e. The third-order valence-electron chi connectivity index (χ3n) is 2.66. The molecule has 0 saturated carbocycles. The van der Waals surface area contributed by atoms with Gasteiger partial charge in [-0.2, -0.15) is 0 Å². The highest BCUT2D eigenvalue weighted by molar-refractivity contribution is 4.77. The average molecular weight is 186 g/mol. The number of nitrogens with two attached hydrogens (primary N) is 1. The molecule has 0 spiro atoms. The van der Waals surface area contributed by atoms with E-state index < -0.39 is 0 Å². The molecule has 0 aromatic carbocycles. The Labute approximate surface area is 81.2 Å². The van der Waals surface area contributed by atoms with E-state index in [1.54, 1.807) is 0 Å². The van der Waals surface area contributed by atoms with Crippen LogP contribution in [0.25, 0.3) is 0 Å². The number of hydrogen-bond acceptors (Lipinski definition) is 3. The van der Waals surface area contributed by atoms with Crippen LogP contribution in [0.3, 0.4) is 0 Å². The average Bonchev–Trinajstić information content (AvgIpc) is 2.03. The minimum atomic E-state index is 0.365. The largest absolute Gasteiger partial charge is 0.373 e. The monoisotopic (exact) mass is 186 g/mol. The minimum Gasteiger partial charge on any atom is -0.373 e. The Morgan fingerprint density at radius 3 is 2.38 bits per heavy atom. The standard InChI is InChI=1S/C10H22N2O/c1-8(4-5-11)12-6-9(2)13-10(3)7-12/h8-10H,4-7,11H2,1-3H3/t8?,9-,10+. The first kappa shape index (κ1) is 11.0. The van der Waals surface area contributed by atoms with Gasteiger partial charge in [0.05, 0.1) is 12.2 Å². The predicted molar refractivity (Wildman–Crippen MR) is 54.7 cm³/mol. The topological polar surface area (TPSA) is 38.5 Å². The van der Waals surface area contributed by atoms with Gasteiger partial charge in [0.1, 0.15) is 0 Å². The van der Waals surface area contributed by atoms with E-state index in [1.165, 1.54) is 0 Å². The molecule has 0 aromatic rings. The Kier molecular flexibility index (Phi) is 4.16. The maximum Gasteiger partial charge on any atom is 0.0678 e. The third kappa shape index (κ3) is 3.25. The van der Waals surface area contributed by atoms with E-state index in [-0.39, 0.29) is 0 Å². The van der Waals surface area contributed by atoms with Gasteiger partial charge in [-0.05, 0) is 33.7 Å². The van der Waals surface area contributed by atoms with Gasteiger partial charge in [-0.1, -0.05) is 0 Å². The van der Waals surface area contributed by atoms with Crippen LogP contribution in [0.4, 0.5) is 0 Å². The number of hydrogen-bond donors (Lipinski definition) is 1. The number of ether oxygens (including phenoxy) is 1. The normalized spacial score (nSPS) is 33.2. The first-order valence-corrected chi connectivity index (χ1v) is 5.23. The summed E-state index contributed by atoms with van der Waals surface area (Å²) in [5, 5.41) is 0. The van der Waals surface area contributed by atoms with Gasteiger partial charge in [0.2, 0.25) is 0 Å². The van der Waals surface area contributed by atoms with Gasteiger partial charge in [0.15, 0.2) is 0 Å². The van der Waals surface area contributed by atoms with Gasteiger partial charge in [-0.3, -0.25) is 4.90 Å². The SMILES string of the molecule is CC(CCN)N1C[C@@H](C)O[C@@H](C)C1. The highest BCUT2D eigenvalue weighted by atomic mass is 16.5. The summed E-state index contributed by atoms with van der Waals surface area (Å²) in [6.45, 7) is 9.39. The first-order chi connectivity index (χ1) is 6.13. The summed E-state index contributed by atoms with van der Waals surface area (Å²) in [5.41, 5.74) is 5.55. The van der Waals surface area contributed by atoms with Crippen LogP contribution >= 0.6 is 0 Å². The number of rotatable bonds is 3. The lowest BCUT2D eigenvalue weighted by atomic mass is 10.1. The van der Waals surface area contributed by atoms with Crippen molar-refractivity contribution in [3.8, 4) is 0 Å². The summed E-state index contributed by atoms with van der Waals surface area (Å²) >= 11 is 0. The molecule has 0 bridgehead atoms.